The van der Waals surface area contributed by atoms with E-state index in [4.69, 9.17) is 32.8 Å². The second-order valence-electron chi connectivity index (χ2n) is 23.6. The molecule has 394 valence electrons. The fourth-order valence-electron chi connectivity index (χ4n) is 11.3. The van der Waals surface area contributed by atoms with E-state index in [-0.39, 0.29) is 120 Å². The highest BCUT2D eigenvalue weighted by molar-refractivity contribution is 7.91. The molecule has 1 aromatic carbocycles. The Balaban J connectivity index is 1.03. The van der Waals surface area contributed by atoms with Gasteiger partial charge in [0.15, 0.2) is 23.9 Å². The number of hydrogen-bond acceptors (Lipinski definition) is 11. The van der Waals surface area contributed by atoms with Gasteiger partial charge in [0.05, 0.1) is 91.3 Å². The van der Waals surface area contributed by atoms with Gasteiger partial charge in [-0.05, 0) is 128 Å². The topological polar surface area (TPSA) is 133 Å². The number of esters is 1. The summed E-state index contributed by atoms with van der Waals surface area (Å²) in [6.45, 7) is 33.3. The Hall–Kier alpha value is -2.49. The third-order valence-corrected chi connectivity index (χ3v) is 23.8. The van der Waals surface area contributed by atoms with Crippen LogP contribution < -0.4 is 0 Å². The van der Waals surface area contributed by atoms with Crippen LogP contribution in [0.2, 0.25) is 18.1 Å². The molecular weight excluding hydrogens is 921 g/mol. The second kappa shape index (κ2) is 24.2. The Morgan fingerprint density at radius 3 is 2.24 bits per heavy atom. The number of fused-ring (bicyclic) bond motifs is 1. The van der Waals surface area contributed by atoms with Crippen LogP contribution in [0, 0.1) is 35.5 Å². The number of methoxy groups -OCH3 is 1. The number of ketones is 1. The summed E-state index contributed by atoms with van der Waals surface area (Å²) in [6, 6.07) is 8.78. The third kappa shape index (κ3) is 14.2. The Bertz CT molecular complexity index is 2060. The van der Waals surface area contributed by atoms with Crippen LogP contribution in [0.3, 0.4) is 0 Å². The molecule has 1 aromatic rings. The van der Waals surface area contributed by atoms with Crippen molar-refractivity contribution < 1.29 is 50.9 Å². The number of carbonyl (C=O) groups is 2. The van der Waals surface area contributed by atoms with Crippen molar-refractivity contribution >= 4 is 29.9 Å². The van der Waals surface area contributed by atoms with Gasteiger partial charge in [0.2, 0.25) is 0 Å². The van der Waals surface area contributed by atoms with E-state index in [1.807, 2.05) is 12.1 Å². The van der Waals surface area contributed by atoms with Crippen molar-refractivity contribution in [3.05, 3.63) is 66.8 Å². The summed E-state index contributed by atoms with van der Waals surface area (Å²) in [5.74, 6) is 0.704. The fourth-order valence-corrected chi connectivity index (χ4v) is 14.4. The van der Waals surface area contributed by atoms with Crippen LogP contribution in [0.5, 0.6) is 0 Å². The third-order valence-electron chi connectivity index (χ3n) is 17.5. The van der Waals surface area contributed by atoms with Crippen LogP contribution >= 0.6 is 0 Å². The van der Waals surface area contributed by atoms with E-state index in [0.717, 1.165) is 62.5 Å². The van der Waals surface area contributed by atoms with E-state index in [2.05, 4.69) is 88.6 Å². The zero-order chi connectivity index (χ0) is 51.3. The molecule has 0 aromatic heterocycles. The van der Waals surface area contributed by atoms with Crippen molar-refractivity contribution in [1.29, 1.82) is 0 Å². The van der Waals surface area contributed by atoms with Crippen LogP contribution in [-0.2, 0) is 52.3 Å². The first kappa shape index (κ1) is 56.8. The summed E-state index contributed by atoms with van der Waals surface area (Å²) in [7, 11) is -4.39. The first-order valence-corrected chi connectivity index (χ1v) is 31.3. The number of allylic oxidation sites excluding steroid dienone is 1. The zero-order valence-corrected chi connectivity index (χ0v) is 46.7. The van der Waals surface area contributed by atoms with Crippen molar-refractivity contribution in [2.75, 3.05) is 12.9 Å². The first-order valence-electron chi connectivity index (χ1n) is 26.8. The van der Waals surface area contributed by atoms with E-state index in [1.54, 1.807) is 30.3 Å². The Morgan fingerprint density at radius 1 is 0.871 bits per heavy atom. The van der Waals surface area contributed by atoms with Crippen LogP contribution in [0.4, 0.5) is 0 Å². The normalized spacial score (nSPS) is 35.2. The molecule has 6 rings (SSSR count). The molecule has 11 nitrogen and oxygen atoms in total. The standard InChI is InChI=1S/C57H90O11SSi/c1-15-35(2)29-51-41(8)47(34-69(60,61)46-19-17-16-18-20-46)53(66-51)33-52-38(5)36(3)30-44(64-52)24-27-48-37(4)31-43(63-48)23-21-42(58)22-26-50(68-70(13,14)57(9,10)11)56-40(7)39(6)55-49(67-56)28-25-45(65-55)32-54(59)62-12/h16-20,22,26,35-36,39-41,43-45,47-53,55-56H,4-5,15,21,23-25,27-34H2,1-3,6-14H3/b26-22+/t35-,36-,39-,40+,41-,43+,44+,45?,47-,48?,49?,50+,51-,52-,53?,55?,56-/m1/s1. The van der Waals surface area contributed by atoms with Gasteiger partial charge in [0.1, 0.15) is 0 Å². The van der Waals surface area contributed by atoms with Crippen LogP contribution in [0.25, 0.3) is 0 Å². The maximum atomic E-state index is 13.8. The molecule has 0 spiro atoms. The smallest absolute Gasteiger partial charge is 0.308 e. The molecule has 17 atom stereocenters. The monoisotopic (exact) mass is 1010 g/mol. The Labute approximate surface area is 423 Å². The van der Waals surface area contributed by atoms with Crippen molar-refractivity contribution in [3.63, 3.8) is 0 Å². The molecule has 5 fully saturated rings. The first-order chi connectivity index (χ1) is 32.9. The zero-order valence-electron chi connectivity index (χ0n) is 44.9. The average molecular weight is 1010 g/mol. The number of carbonyl (C=O) groups excluding carboxylic acids is 2. The molecular formula is C57H90O11SSi. The van der Waals surface area contributed by atoms with E-state index >= 15 is 0 Å². The molecule has 0 amide bonds. The number of hydrogen-bond donors (Lipinski definition) is 0. The van der Waals surface area contributed by atoms with Crippen molar-refractivity contribution in [3.8, 4) is 0 Å². The van der Waals surface area contributed by atoms with Crippen molar-refractivity contribution in [2.45, 2.75) is 230 Å². The van der Waals surface area contributed by atoms with Gasteiger partial charge in [-0.1, -0.05) is 106 Å². The summed E-state index contributed by atoms with van der Waals surface area (Å²) in [5, 5.41) is -0.0414. The molecule has 0 saturated carbocycles. The summed E-state index contributed by atoms with van der Waals surface area (Å²) in [4.78, 5) is 26.1. The van der Waals surface area contributed by atoms with Crippen LogP contribution in [0.1, 0.15) is 139 Å². The van der Waals surface area contributed by atoms with Gasteiger partial charge < -0.3 is 32.8 Å². The number of sulfone groups is 1. The van der Waals surface area contributed by atoms with Crippen molar-refractivity contribution in [1.82, 2.24) is 0 Å². The summed E-state index contributed by atoms with van der Waals surface area (Å²) >= 11 is 0. The lowest BCUT2D eigenvalue weighted by atomic mass is 9.77. The molecule has 0 bridgehead atoms. The van der Waals surface area contributed by atoms with Gasteiger partial charge in [0, 0.05) is 18.8 Å². The molecule has 5 aliphatic heterocycles. The van der Waals surface area contributed by atoms with E-state index in [1.165, 1.54) is 7.11 Å². The molecule has 70 heavy (non-hydrogen) atoms. The highest BCUT2D eigenvalue weighted by Gasteiger charge is 2.50. The number of rotatable bonds is 21. The molecule has 0 aliphatic carbocycles. The highest BCUT2D eigenvalue weighted by Crippen LogP contribution is 2.45. The quantitative estimate of drug-likeness (QED) is 0.0504. The molecule has 13 heteroatoms. The molecule has 0 radical (unpaired) electrons. The maximum absolute atomic E-state index is 13.8. The van der Waals surface area contributed by atoms with Crippen molar-refractivity contribution in [2.24, 2.45) is 35.5 Å². The summed E-state index contributed by atoms with van der Waals surface area (Å²) in [5.41, 5.74) is 2.11. The van der Waals surface area contributed by atoms with Crippen LogP contribution in [0.15, 0.2) is 71.7 Å². The summed E-state index contributed by atoms with van der Waals surface area (Å²) in [6.07, 6.45) is 10.2. The van der Waals surface area contributed by atoms with E-state index in [0.29, 0.717) is 30.1 Å². The maximum Gasteiger partial charge on any atom is 0.308 e. The van der Waals surface area contributed by atoms with Gasteiger partial charge >= 0.3 is 5.97 Å². The lowest BCUT2D eigenvalue weighted by molar-refractivity contribution is -0.238. The minimum atomic E-state index is -3.52. The van der Waals surface area contributed by atoms with Gasteiger partial charge in [-0.3, -0.25) is 9.59 Å². The Morgan fingerprint density at radius 2 is 1.57 bits per heavy atom. The SMILES string of the molecule is C=C1C[C@H](CCC(=O)/C=C/[C@H](O[Si](C)(C)C(C)(C)C)[C@@H]2OC3CCC(CC(=O)OC)OC3[C@H](C)[C@@H]2C)OC1CC[C@H]1C[C@@H](C)C(=C)[C@@H](CC2O[C@H](C[C@H](C)CC)[C@H](C)[C@H]2CS(=O)(=O)c2ccccc2)O1. The molecule has 5 heterocycles. The van der Waals surface area contributed by atoms with E-state index < -0.39 is 24.3 Å². The largest absolute Gasteiger partial charge is 0.469 e. The fraction of sp³-hybridized carbons (Fsp3) is 0.754. The minimum absolute atomic E-state index is 0.00532. The molecule has 0 N–H and O–H groups in total. The Kier molecular flexibility index (Phi) is 19.7. The molecule has 5 saturated heterocycles. The van der Waals surface area contributed by atoms with Gasteiger partial charge in [-0.15, -0.1) is 0 Å². The molecule has 5 aliphatic rings. The van der Waals surface area contributed by atoms with Gasteiger partial charge in [0.25, 0.3) is 0 Å². The number of benzene rings is 1. The average Bonchev–Trinajstić information content (AvgIpc) is 3.81. The van der Waals surface area contributed by atoms with Gasteiger partial charge in [-0.2, -0.15) is 0 Å². The minimum Gasteiger partial charge on any atom is -0.469 e. The van der Waals surface area contributed by atoms with E-state index in [9.17, 15) is 18.0 Å². The lowest BCUT2D eigenvalue weighted by Gasteiger charge is -2.51. The van der Waals surface area contributed by atoms with Crippen LogP contribution in [-0.4, -0.2) is 108 Å². The highest BCUT2D eigenvalue weighted by atomic mass is 32.2. The predicted octanol–water partition coefficient (Wildman–Crippen LogP) is 11.6. The second-order valence-corrected chi connectivity index (χ2v) is 30.4. The van der Waals surface area contributed by atoms with Gasteiger partial charge in [-0.25, -0.2) is 8.42 Å². The predicted molar refractivity (Wildman–Crippen MR) is 279 cm³/mol. The lowest BCUT2D eigenvalue weighted by Crippen LogP contribution is -2.58. The number of ether oxygens (including phenoxy) is 6. The molecule has 5 unspecified atom stereocenters. The summed E-state index contributed by atoms with van der Waals surface area (Å²) < 4.78 is 73.1.